The van der Waals surface area contributed by atoms with Gasteiger partial charge in [-0.05, 0) is 34.9 Å². The third-order valence-electron chi connectivity index (χ3n) is 4.09. The van der Waals surface area contributed by atoms with Crippen molar-refractivity contribution in [2.75, 3.05) is 0 Å². The topological polar surface area (TPSA) is 26.3 Å². The first-order valence-corrected chi connectivity index (χ1v) is 7.03. The molecule has 0 aliphatic carbocycles. The van der Waals surface area contributed by atoms with Crippen molar-refractivity contribution < 1.29 is 9.53 Å². The van der Waals surface area contributed by atoms with Crippen molar-refractivity contribution in [2.24, 2.45) is 0 Å². The standard InChI is InChI=1S/C19H14O2/c1-12-5-4-8-16-17(12)19(20)21-18(16)15-10-9-13-6-2-3-7-14(13)11-15/h2-11,18H,1H3. The lowest BCUT2D eigenvalue weighted by atomic mass is 9.95. The molecule has 1 heterocycles. The predicted octanol–water partition coefficient (Wildman–Crippen LogP) is 4.41. The Morgan fingerprint density at radius 3 is 2.57 bits per heavy atom. The molecule has 102 valence electrons. The monoisotopic (exact) mass is 274 g/mol. The van der Waals surface area contributed by atoms with Crippen LogP contribution < -0.4 is 0 Å². The number of fused-ring (bicyclic) bond motifs is 2. The maximum Gasteiger partial charge on any atom is 0.339 e. The van der Waals surface area contributed by atoms with Crippen molar-refractivity contribution in [1.82, 2.24) is 0 Å². The number of cyclic esters (lactones) is 1. The minimum absolute atomic E-state index is 0.221. The van der Waals surface area contributed by atoms with Crippen LogP contribution in [0, 0.1) is 6.92 Å². The molecule has 1 aliphatic rings. The first-order chi connectivity index (χ1) is 10.2. The lowest BCUT2D eigenvalue weighted by molar-refractivity contribution is 0.0455. The van der Waals surface area contributed by atoms with E-state index >= 15 is 0 Å². The van der Waals surface area contributed by atoms with E-state index in [2.05, 4.69) is 24.3 Å². The Morgan fingerprint density at radius 2 is 1.71 bits per heavy atom. The molecule has 3 aromatic rings. The smallest absolute Gasteiger partial charge is 0.339 e. The van der Waals surface area contributed by atoms with Crippen LogP contribution in [0.3, 0.4) is 0 Å². The average molecular weight is 274 g/mol. The third-order valence-corrected chi connectivity index (χ3v) is 4.09. The van der Waals surface area contributed by atoms with Crippen LogP contribution in [-0.2, 0) is 4.74 Å². The van der Waals surface area contributed by atoms with Gasteiger partial charge in [-0.25, -0.2) is 4.79 Å². The molecule has 3 aromatic carbocycles. The molecule has 0 bridgehead atoms. The Morgan fingerprint density at radius 1 is 0.905 bits per heavy atom. The summed E-state index contributed by atoms with van der Waals surface area (Å²) in [4.78, 5) is 12.1. The fourth-order valence-electron chi connectivity index (χ4n) is 3.04. The van der Waals surface area contributed by atoms with E-state index in [4.69, 9.17) is 4.74 Å². The molecule has 1 atom stereocenters. The highest BCUT2D eigenvalue weighted by Gasteiger charge is 2.33. The second kappa shape index (κ2) is 4.45. The van der Waals surface area contributed by atoms with Gasteiger partial charge in [-0.1, -0.05) is 54.6 Å². The molecular formula is C19H14O2. The van der Waals surface area contributed by atoms with Gasteiger partial charge in [0.05, 0.1) is 5.56 Å². The van der Waals surface area contributed by atoms with Crippen LogP contribution in [0.1, 0.15) is 33.2 Å². The van der Waals surface area contributed by atoms with E-state index in [1.54, 1.807) is 0 Å². The number of hydrogen-bond donors (Lipinski definition) is 0. The molecule has 1 unspecified atom stereocenters. The normalized spacial score (nSPS) is 16.8. The van der Waals surface area contributed by atoms with Gasteiger partial charge in [0.2, 0.25) is 0 Å². The fraction of sp³-hybridized carbons (Fsp3) is 0.105. The maximum absolute atomic E-state index is 12.1. The Hall–Kier alpha value is -2.61. The lowest BCUT2D eigenvalue weighted by Gasteiger charge is -2.12. The molecule has 0 aromatic heterocycles. The summed E-state index contributed by atoms with van der Waals surface area (Å²) in [6.07, 6.45) is -0.294. The molecule has 0 fully saturated rings. The Labute approximate surface area is 123 Å². The molecule has 0 saturated heterocycles. The number of rotatable bonds is 1. The van der Waals surface area contributed by atoms with Crippen molar-refractivity contribution in [3.63, 3.8) is 0 Å². The minimum atomic E-state index is -0.294. The molecule has 2 heteroatoms. The van der Waals surface area contributed by atoms with E-state index in [9.17, 15) is 4.79 Å². The predicted molar refractivity (Wildman–Crippen MR) is 82.4 cm³/mol. The molecule has 21 heavy (non-hydrogen) atoms. The van der Waals surface area contributed by atoms with E-state index in [1.165, 1.54) is 5.39 Å². The molecule has 2 nitrogen and oxygen atoms in total. The van der Waals surface area contributed by atoms with Gasteiger partial charge in [0, 0.05) is 5.56 Å². The maximum atomic E-state index is 12.1. The molecule has 4 rings (SSSR count). The van der Waals surface area contributed by atoms with Crippen LogP contribution in [-0.4, -0.2) is 5.97 Å². The summed E-state index contributed by atoms with van der Waals surface area (Å²) in [5, 5.41) is 2.35. The molecule has 0 N–H and O–H groups in total. The quantitative estimate of drug-likeness (QED) is 0.614. The Kier molecular flexibility index (Phi) is 2.58. The summed E-state index contributed by atoms with van der Waals surface area (Å²) in [7, 11) is 0. The van der Waals surface area contributed by atoms with Crippen molar-refractivity contribution >= 4 is 16.7 Å². The number of carbonyl (C=O) groups is 1. The van der Waals surface area contributed by atoms with Gasteiger partial charge < -0.3 is 4.74 Å². The summed E-state index contributed by atoms with van der Waals surface area (Å²) in [6.45, 7) is 1.95. The summed E-state index contributed by atoms with van der Waals surface area (Å²) < 4.78 is 5.61. The van der Waals surface area contributed by atoms with Gasteiger partial charge in [-0.2, -0.15) is 0 Å². The first kappa shape index (κ1) is 12.2. The van der Waals surface area contributed by atoms with Crippen LogP contribution in [0.15, 0.2) is 60.7 Å². The first-order valence-electron chi connectivity index (χ1n) is 7.03. The largest absolute Gasteiger partial charge is 0.449 e. The number of benzene rings is 3. The molecular weight excluding hydrogens is 260 g/mol. The van der Waals surface area contributed by atoms with Crippen LogP contribution in [0.25, 0.3) is 10.8 Å². The number of carbonyl (C=O) groups excluding carboxylic acids is 1. The zero-order valence-electron chi connectivity index (χ0n) is 11.7. The van der Waals surface area contributed by atoms with Gasteiger partial charge >= 0.3 is 5.97 Å². The van der Waals surface area contributed by atoms with Crippen LogP contribution in [0.2, 0.25) is 0 Å². The van der Waals surface area contributed by atoms with Gasteiger partial charge in [0.1, 0.15) is 0 Å². The summed E-state index contributed by atoms with van der Waals surface area (Å²) >= 11 is 0. The SMILES string of the molecule is Cc1cccc2c1C(=O)OC2c1ccc2ccccc2c1. The second-order valence-corrected chi connectivity index (χ2v) is 5.43. The van der Waals surface area contributed by atoms with E-state index < -0.39 is 0 Å². The number of hydrogen-bond acceptors (Lipinski definition) is 2. The van der Waals surface area contributed by atoms with Crippen LogP contribution >= 0.6 is 0 Å². The van der Waals surface area contributed by atoms with Gasteiger partial charge in [0.15, 0.2) is 6.10 Å². The average Bonchev–Trinajstić information content (AvgIpc) is 2.85. The number of esters is 1. The van der Waals surface area contributed by atoms with Gasteiger partial charge in [0.25, 0.3) is 0 Å². The highest BCUT2D eigenvalue weighted by atomic mass is 16.5. The molecule has 0 spiro atoms. The van der Waals surface area contributed by atoms with Crippen molar-refractivity contribution in [1.29, 1.82) is 0 Å². The second-order valence-electron chi connectivity index (χ2n) is 5.43. The van der Waals surface area contributed by atoms with Crippen molar-refractivity contribution in [2.45, 2.75) is 13.0 Å². The summed E-state index contributed by atoms with van der Waals surface area (Å²) in [6, 6.07) is 20.3. The van der Waals surface area contributed by atoms with Crippen LogP contribution in [0.4, 0.5) is 0 Å². The molecule has 0 amide bonds. The van der Waals surface area contributed by atoms with E-state index in [0.29, 0.717) is 0 Å². The van der Waals surface area contributed by atoms with Gasteiger partial charge in [-0.3, -0.25) is 0 Å². The van der Waals surface area contributed by atoms with E-state index in [-0.39, 0.29) is 12.1 Å². The molecule has 1 aliphatic heterocycles. The summed E-state index contributed by atoms with van der Waals surface area (Å²) in [5.74, 6) is -0.221. The summed E-state index contributed by atoms with van der Waals surface area (Å²) in [5.41, 5.74) is 3.68. The highest BCUT2D eigenvalue weighted by molar-refractivity contribution is 5.96. The fourth-order valence-corrected chi connectivity index (χ4v) is 3.04. The Balaban J connectivity index is 1.87. The number of ether oxygens (including phenoxy) is 1. The van der Waals surface area contributed by atoms with Gasteiger partial charge in [-0.15, -0.1) is 0 Å². The van der Waals surface area contributed by atoms with E-state index in [0.717, 1.165) is 27.6 Å². The zero-order chi connectivity index (χ0) is 14.4. The highest BCUT2D eigenvalue weighted by Crippen LogP contribution is 2.37. The van der Waals surface area contributed by atoms with Crippen molar-refractivity contribution in [3.05, 3.63) is 82.9 Å². The minimum Gasteiger partial charge on any atom is -0.449 e. The number of aryl methyl sites for hydroxylation is 1. The van der Waals surface area contributed by atoms with Crippen LogP contribution in [0.5, 0.6) is 0 Å². The zero-order valence-corrected chi connectivity index (χ0v) is 11.7. The molecule has 0 saturated carbocycles. The third kappa shape index (κ3) is 1.83. The van der Waals surface area contributed by atoms with Crippen molar-refractivity contribution in [3.8, 4) is 0 Å². The Bertz CT molecular complexity index is 864. The molecule has 0 radical (unpaired) electrons. The van der Waals surface area contributed by atoms with E-state index in [1.807, 2.05) is 43.3 Å². The lowest BCUT2D eigenvalue weighted by Crippen LogP contribution is -2.00.